The molecule has 0 radical (unpaired) electrons. The summed E-state index contributed by atoms with van der Waals surface area (Å²) in [6.45, 7) is 2.02. The van der Waals surface area contributed by atoms with Gasteiger partial charge in [0.05, 0.1) is 22.1 Å². The average Bonchev–Trinajstić information content (AvgIpc) is 2.86. The van der Waals surface area contributed by atoms with Crippen LogP contribution in [-0.2, 0) is 19.6 Å². The van der Waals surface area contributed by atoms with Gasteiger partial charge in [0, 0.05) is 31.5 Å². The van der Waals surface area contributed by atoms with Crippen LogP contribution < -0.4 is 20.7 Å². The molecular formula is C24H25N5O7S. The van der Waals surface area contributed by atoms with Gasteiger partial charge in [-0.05, 0) is 49.4 Å². The second kappa shape index (κ2) is 11.5. The summed E-state index contributed by atoms with van der Waals surface area (Å²) < 4.78 is 31.3. The quantitative estimate of drug-likeness (QED) is 0.216. The molecule has 0 saturated carbocycles. The Morgan fingerprint density at radius 1 is 0.919 bits per heavy atom. The fourth-order valence-electron chi connectivity index (χ4n) is 3.17. The molecular weight excluding hydrogens is 502 g/mol. The fourth-order valence-corrected chi connectivity index (χ4v) is 4.09. The third kappa shape index (κ3) is 6.59. The van der Waals surface area contributed by atoms with Crippen LogP contribution >= 0.6 is 0 Å². The zero-order valence-electron chi connectivity index (χ0n) is 20.2. The Hall–Kier alpha value is -4.49. The van der Waals surface area contributed by atoms with Crippen LogP contribution in [0.4, 0.5) is 28.4 Å². The number of para-hydroxylation sites is 1. The van der Waals surface area contributed by atoms with Crippen LogP contribution in [0, 0.1) is 10.1 Å². The molecule has 0 unspecified atom stereocenters. The normalized spacial score (nSPS) is 11.0. The van der Waals surface area contributed by atoms with E-state index >= 15 is 0 Å². The van der Waals surface area contributed by atoms with Crippen LogP contribution in [-0.4, -0.2) is 50.2 Å². The lowest BCUT2D eigenvalue weighted by molar-refractivity contribution is -0.384. The molecule has 0 heterocycles. The summed E-state index contributed by atoms with van der Waals surface area (Å²) in [5.41, 5.74) is 0.453. The summed E-state index contributed by atoms with van der Waals surface area (Å²) in [5.74, 6) is -1.58. The van der Waals surface area contributed by atoms with Gasteiger partial charge in [-0.2, -0.15) is 0 Å². The molecule has 0 fully saturated rings. The molecule has 0 bridgehead atoms. The first kappa shape index (κ1) is 27.1. The molecule has 3 rings (SSSR count). The number of carbonyl (C=O) groups is 2. The maximum atomic E-state index is 12.5. The average molecular weight is 528 g/mol. The summed E-state index contributed by atoms with van der Waals surface area (Å²) in [7, 11) is -1.24. The predicted octanol–water partition coefficient (Wildman–Crippen LogP) is 3.56. The highest BCUT2D eigenvalue weighted by Gasteiger charge is 2.24. The van der Waals surface area contributed by atoms with E-state index in [0.29, 0.717) is 11.4 Å². The number of anilines is 4. The topological polar surface area (TPSA) is 160 Å². The van der Waals surface area contributed by atoms with Crippen molar-refractivity contribution >= 4 is 50.3 Å². The van der Waals surface area contributed by atoms with Crippen LogP contribution in [0.25, 0.3) is 0 Å². The Kier molecular flexibility index (Phi) is 8.42. The van der Waals surface area contributed by atoms with Crippen LogP contribution in [0.15, 0.2) is 71.6 Å². The van der Waals surface area contributed by atoms with E-state index in [0.717, 1.165) is 10.4 Å². The minimum Gasteiger partial charge on any atom is -0.492 e. The lowest BCUT2D eigenvalue weighted by Crippen LogP contribution is -2.29. The van der Waals surface area contributed by atoms with Gasteiger partial charge in [0.2, 0.25) is 10.0 Å². The number of nitro groups is 1. The summed E-state index contributed by atoms with van der Waals surface area (Å²) >= 11 is 0. The zero-order chi connectivity index (χ0) is 27.2. The minimum absolute atomic E-state index is 0.0194. The number of amides is 2. The smallest absolute Gasteiger partial charge is 0.314 e. The van der Waals surface area contributed by atoms with Gasteiger partial charge in [-0.1, -0.05) is 18.2 Å². The summed E-state index contributed by atoms with van der Waals surface area (Å²) in [6.07, 6.45) is 0. The van der Waals surface area contributed by atoms with Gasteiger partial charge in [-0.3, -0.25) is 19.7 Å². The maximum Gasteiger partial charge on any atom is 0.314 e. The first-order chi connectivity index (χ1) is 17.5. The lowest BCUT2D eigenvalue weighted by atomic mass is 10.2. The molecule has 0 aliphatic carbocycles. The van der Waals surface area contributed by atoms with Crippen LogP contribution in [0.1, 0.15) is 6.92 Å². The number of nitro benzene ring substituents is 1. The van der Waals surface area contributed by atoms with Crippen molar-refractivity contribution in [1.82, 2.24) is 4.31 Å². The standard InChI is InChI=1S/C24H25N5O7S/c1-4-36-22-13-10-17(14-20(22)27-24(31)23(30)26-16-8-6-5-7-9-16)25-19-12-11-18(15-21(19)29(32)33)37(34,35)28(2)3/h5-15,25H,4H2,1-3H3,(H,26,30)(H,27,31). The van der Waals surface area contributed by atoms with Crippen molar-refractivity contribution in [3.63, 3.8) is 0 Å². The Labute approximate surface area is 213 Å². The third-order valence-electron chi connectivity index (χ3n) is 4.99. The molecule has 12 nitrogen and oxygen atoms in total. The number of benzene rings is 3. The molecule has 0 aliphatic rings. The van der Waals surface area contributed by atoms with Crippen LogP contribution in [0.2, 0.25) is 0 Å². The molecule has 13 heteroatoms. The van der Waals surface area contributed by atoms with E-state index in [9.17, 15) is 28.1 Å². The molecule has 0 spiro atoms. The zero-order valence-corrected chi connectivity index (χ0v) is 21.0. The van der Waals surface area contributed by atoms with E-state index in [1.165, 1.54) is 38.4 Å². The second-order valence-electron chi connectivity index (χ2n) is 7.77. The molecule has 37 heavy (non-hydrogen) atoms. The maximum absolute atomic E-state index is 12.5. The van der Waals surface area contributed by atoms with Gasteiger partial charge in [0.15, 0.2) is 0 Å². The monoisotopic (exact) mass is 527 g/mol. The van der Waals surface area contributed by atoms with Gasteiger partial charge in [-0.15, -0.1) is 0 Å². The van der Waals surface area contributed by atoms with E-state index in [1.54, 1.807) is 43.3 Å². The lowest BCUT2D eigenvalue weighted by Gasteiger charge is -2.15. The largest absolute Gasteiger partial charge is 0.492 e. The first-order valence-electron chi connectivity index (χ1n) is 10.9. The van der Waals surface area contributed by atoms with Crippen molar-refractivity contribution in [2.75, 3.05) is 36.7 Å². The number of hydrogen-bond acceptors (Lipinski definition) is 8. The third-order valence-corrected chi connectivity index (χ3v) is 6.80. The fraction of sp³-hybridized carbons (Fsp3) is 0.167. The van der Waals surface area contributed by atoms with Gasteiger partial charge in [0.1, 0.15) is 11.4 Å². The SMILES string of the molecule is CCOc1ccc(Nc2ccc(S(=O)(=O)N(C)C)cc2[N+](=O)[O-])cc1NC(=O)C(=O)Nc1ccccc1. The predicted molar refractivity (Wildman–Crippen MR) is 139 cm³/mol. The Balaban J connectivity index is 1.88. The van der Waals surface area contributed by atoms with E-state index in [4.69, 9.17) is 4.74 Å². The van der Waals surface area contributed by atoms with Crippen molar-refractivity contribution in [1.29, 1.82) is 0 Å². The van der Waals surface area contributed by atoms with Crippen molar-refractivity contribution < 1.29 is 27.7 Å². The van der Waals surface area contributed by atoms with Crippen LogP contribution in [0.3, 0.4) is 0 Å². The molecule has 3 aromatic carbocycles. The number of rotatable bonds is 9. The van der Waals surface area contributed by atoms with Gasteiger partial charge in [-0.25, -0.2) is 12.7 Å². The summed E-state index contributed by atoms with van der Waals surface area (Å²) in [5, 5.41) is 19.5. The number of ether oxygens (including phenoxy) is 1. The highest BCUT2D eigenvalue weighted by Crippen LogP contribution is 2.34. The summed E-state index contributed by atoms with van der Waals surface area (Å²) in [6, 6.07) is 16.4. The van der Waals surface area contributed by atoms with E-state index in [1.807, 2.05) is 0 Å². The molecule has 0 aromatic heterocycles. The number of nitrogens with one attached hydrogen (secondary N) is 3. The van der Waals surface area contributed by atoms with E-state index in [-0.39, 0.29) is 28.6 Å². The van der Waals surface area contributed by atoms with Crippen molar-refractivity contribution in [3.8, 4) is 5.75 Å². The molecule has 0 atom stereocenters. The Morgan fingerprint density at radius 2 is 1.59 bits per heavy atom. The number of hydrogen-bond donors (Lipinski definition) is 3. The second-order valence-corrected chi connectivity index (χ2v) is 9.92. The van der Waals surface area contributed by atoms with Crippen molar-refractivity contribution in [3.05, 3.63) is 76.8 Å². The molecule has 194 valence electrons. The highest BCUT2D eigenvalue weighted by molar-refractivity contribution is 7.89. The first-order valence-corrected chi connectivity index (χ1v) is 12.4. The van der Waals surface area contributed by atoms with E-state index < -0.39 is 32.4 Å². The van der Waals surface area contributed by atoms with Crippen molar-refractivity contribution in [2.24, 2.45) is 0 Å². The highest BCUT2D eigenvalue weighted by atomic mass is 32.2. The minimum atomic E-state index is -3.89. The van der Waals surface area contributed by atoms with E-state index in [2.05, 4.69) is 16.0 Å². The van der Waals surface area contributed by atoms with Crippen LogP contribution in [0.5, 0.6) is 5.75 Å². The Bertz CT molecular complexity index is 1430. The molecule has 2 amide bonds. The Morgan fingerprint density at radius 3 is 2.22 bits per heavy atom. The number of sulfonamides is 1. The van der Waals surface area contributed by atoms with Gasteiger partial charge < -0.3 is 20.7 Å². The number of carbonyl (C=O) groups excluding carboxylic acids is 2. The molecule has 0 aliphatic heterocycles. The van der Waals surface area contributed by atoms with Crippen molar-refractivity contribution in [2.45, 2.75) is 11.8 Å². The van der Waals surface area contributed by atoms with Gasteiger partial charge >= 0.3 is 11.8 Å². The number of nitrogens with zero attached hydrogens (tertiary/aromatic N) is 2. The molecule has 3 N–H and O–H groups in total. The molecule has 3 aromatic rings. The summed E-state index contributed by atoms with van der Waals surface area (Å²) in [4.78, 5) is 35.6. The molecule has 0 saturated heterocycles. The van der Waals surface area contributed by atoms with Gasteiger partial charge in [0.25, 0.3) is 5.69 Å².